The molecule has 0 fully saturated rings. The monoisotopic (exact) mass is 282 g/mol. The van der Waals surface area contributed by atoms with Gasteiger partial charge in [0, 0.05) is 12.0 Å². The van der Waals surface area contributed by atoms with E-state index in [1.807, 2.05) is 0 Å². The molecule has 0 radical (unpaired) electrons. The number of hydrogen-bond acceptors (Lipinski definition) is 5. The molecule has 0 aliphatic carbocycles. The number of methoxy groups -OCH3 is 1. The van der Waals surface area contributed by atoms with Gasteiger partial charge in [0.05, 0.1) is 13.7 Å². The van der Waals surface area contributed by atoms with Crippen LogP contribution in [0.4, 0.5) is 0 Å². The summed E-state index contributed by atoms with van der Waals surface area (Å²) in [6.45, 7) is 2.13. The van der Waals surface area contributed by atoms with Crippen molar-refractivity contribution in [1.29, 1.82) is 0 Å². The quantitative estimate of drug-likeness (QED) is 0.732. The number of rotatable bonds is 7. The molecule has 1 aromatic carbocycles. The SMILES string of the molecule is CCOc1ccc(CCC(=O)OC)cc1C(O)C(=O)O. The van der Waals surface area contributed by atoms with Gasteiger partial charge >= 0.3 is 11.9 Å². The molecule has 110 valence electrons. The normalized spacial score (nSPS) is 11.8. The number of esters is 1. The second-order valence-corrected chi connectivity index (χ2v) is 4.12. The predicted octanol–water partition coefficient (Wildman–Crippen LogP) is 1.31. The summed E-state index contributed by atoms with van der Waals surface area (Å²) in [7, 11) is 1.31. The Balaban J connectivity index is 2.97. The second kappa shape index (κ2) is 7.49. The smallest absolute Gasteiger partial charge is 0.337 e. The van der Waals surface area contributed by atoms with Crippen molar-refractivity contribution in [2.24, 2.45) is 0 Å². The predicted molar refractivity (Wildman–Crippen MR) is 70.5 cm³/mol. The minimum atomic E-state index is -1.66. The van der Waals surface area contributed by atoms with Gasteiger partial charge in [-0.25, -0.2) is 4.79 Å². The number of ether oxygens (including phenoxy) is 2. The van der Waals surface area contributed by atoms with Gasteiger partial charge in [-0.2, -0.15) is 0 Å². The van der Waals surface area contributed by atoms with Crippen LogP contribution in [0.25, 0.3) is 0 Å². The van der Waals surface area contributed by atoms with E-state index in [0.717, 1.165) is 5.56 Å². The van der Waals surface area contributed by atoms with Crippen LogP contribution in [0.5, 0.6) is 5.75 Å². The molecule has 2 N–H and O–H groups in total. The van der Waals surface area contributed by atoms with Crippen molar-refractivity contribution < 1.29 is 29.3 Å². The van der Waals surface area contributed by atoms with E-state index in [0.29, 0.717) is 18.8 Å². The molecule has 0 aliphatic heterocycles. The summed E-state index contributed by atoms with van der Waals surface area (Å²) in [5.41, 5.74) is 0.913. The fourth-order valence-electron chi connectivity index (χ4n) is 1.74. The summed E-state index contributed by atoms with van der Waals surface area (Å²) in [6, 6.07) is 4.86. The number of aliphatic carboxylic acids is 1. The van der Waals surface area contributed by atoms with Crippen LogP contribution in [0, 0.1) is 0 Å². The number of carbonyl (C=O) groups excluding carboxylic acids is 1. The molecule has 1 unspecified atom stereocenters. The molecule has 0 aliphatic rings. The van der Waals surface area contributed by atoms with Crippen LogP contribution in [0.3, 0.4) is 0 Å². The van der Waals surface area contributed by atoms with Crippen molar-refractivity contribution in [2.75, 3.05) is 13.7 Å². The largest absolute Gasteiger partial charge is 0.493 e. The van der Waals surface area contributed by atoms with Gasteiger partial charge in [0.15, 0.2) is 6.10 Å². The number of carboxylic acid groups (broad SMARTS) is 1. The summed E-state index contributed by atoms with van der Waals surface area (Å²) in [5.74, 6) is -1.38. The first-order chi connectivity index (χ1) is 9.49. The Hall–Kier alpha value is -2.08. The van der Waals surface area contributed by atoms with Gasteiger partial charge < -0.3 is 19.7 Å². The highest BCUT2D eigenvalue weighted by Crippen LogP contribution is 2.27. The number of carbonyl (C=O) groups is 2. The molecule has 20 heavy (non-hydrogen) atoms. The van der Waals surface area contributed by atoms with Crippen LogP contribution in [0.2, 0.25) is 0 Å². The summed E-state index contributed by atoms with van der Waals surface area (Å²) < 4.78 is 9.84. The zero-order valence-electron chi connectivity index (χ0n) is 11.5. The molecule has 0 amide bonds. The Morgan fingerprint density at radius 3 is 2.60 bits per heavy atom. The Bertz CT molecular complexity index is 483. The molecule has 0 saturated carbocycles. The third kappa shape index (κ3) is 4.24. The molecule has 0 aromatic heterocycles. The molecule has 1 aromatic rings. The second-order valence-electron chi connectivity index (χ2n) is 4.12. The summed E-state index contributed by atoms with van der Waals surface area (Å²) >= 11 is 0. The molecule has 0 saturated heterocycles. The van der Waals surface area contributed by atoms with Crippen molar-refractivity contribution in [3.8, 4) is 5.75 Å². The van der Waals surface area contributed by atoms with E-state index < -0.39 is 12.1 Å². The third-order valence-corrected chi connectivity index (χ3v) is 2.75. The van der Waals surface area contributed by atoms with Crippen LogP contribution < -0.4 is 4.74 Å². The van der Waals surface area contributed by atoms with Gasteiger partial charge in [-0.3, -0.25) is 4.79 Å². The fraction of sp³-hybridized carbons (Fsp3) is 0.429. The molecule has 0 heterocycles. The number of aryl methyl sites for hydroxylation is 1. The fourth-order valence-corrected chi connectivity index (χ4v) is 1.74. The van der Waals surface area contributed by atoms with Crippen LogP contribution in [0.1, 0.15) is 30.6 Å². The lowest BCUT2D eigenvalue weighted by Gasteiger charge is -2.14. The van der Waals surface area contributed by atoms with Crippen LogP contribution in [-0.4, -0.2) is 35.9 Å². The molecule has 6 heteroatoms. The number of carboxylic acids is 1. The topological polar surface area (TPSA) is 93.1 Å². The maximum atomic E-state index is 11.1. The Morgan fingerprint density at radius 1 is 1.35 bits per heavy atom. The average Bonchev–Trinajstić information content (AvgIpc) is 2.45. The lowest BCUT2D eigenvalue weighted by molar-refractivity contribution is -0.147. The van der Waals surface area contributed by atoms with Gasteiger partial charge in [0.2, 0.25) is 0 Å². The van der Waals surface area contributed by atoms with Crippen molar-refractivity contribution in [3.63, 3.8) is 0 Å². The Kier molecular flexibility index (Phi) is 5.99. The summed E-state index contributed by atoms with van der Waals surface area (Å²) in [4.78, 5) is 22.0. The minimum Gasteiger partial charge on any atom is -0.493 e. The van der Waals surface area contributed by atoms with Gasteiger partial charge in [0.1, 0.15) is 5.75 Å². The number of aliphatic hydroxyl groups excluding tert-OH is 1. The van der Waals surface area contributed by atoms with Crippen LogP contribution in [0.15, 0.2) is 18.2 Å². The molecule has 1 rings (SSSR count). The molecule has 0 spiro atoms. The average molecular weight is 282 g/mol. The first-order valence-electron chi connectivity index (χ1n) is 6.22. The van der Waals surface area contributed by atoms with Gasteiger partial charge in [-0.05, 0) is 31.0 Å². The van der Waals surface area contributed by atoms with Gasteiger partial charge in [-0.1, -0.05) is 6.07 Å². The van der Waals surface area contributed by atoms with Crippen molar-refractivity contribution in [3.05, 3.63) is 29.3 Å². The van der Waals surface area contributed by atoms with E-state index >= 15 is 0 Å². The van der Waals surface area contributed by atoms with E-state index in [1.54, 1.807) is 19.1 Å². The lowest BCUT2D eigenvalue weighted by Crippen LogP contribution is -2.13. The minimum absolute atomic E-state index is 0.182. The molecular weight excluding hydrogens is 264 g/mol. The number of hydrogen-bond donors (Lipinski definition) is 2. The van der Waals surface area contributed by atoms with E-state index in [2.05, 4.69) is 4.74 Å². The highest BCUT2D eigenvalue weighted by atomic mass is 16.5. The van der Waals surface area contributed by atoms with Crippen molar-refractivity contribution in [1.82, 2.24) is 0 Å². The highest BCUT2D eigenvalue weighted by molar-refractivity contribution is 5.75. The van der Waals surface area contributed by atoms with E-state index in [-0.39, 0.29) is 18.0 Å². The van der Waals surface area contributed by atoms with E-state index in [1.165, 1.54) is 13.2 Å². The molecule has 1 atom stereocenters. The number of benzene rings is 1. The van der Waals surface area contributed by atoms with E-state index in [4.69, 9.17) is 9.84 Å². The Labute approximate surface area is 116 Å². The zero-order chi connectivity index (χ0) is 15.1. The molecule has 6 nitrogen and oxygen atoms in total. The maximum Gasteiger partial charge on any atom is 0.337 e. The first-order valence-corrected chi connectivity index (χ1v) is 6.22. The van der Waals surface area contributed by atoms with Crippen molar-refractivity contribution in [2.45, 2.75) is 25.9 Å². The van der Waals surface area contributed by atoms with Crippen LogP contribution >= 0.6 is 0 Å². The third-order valence-electron chi connectivity index (χ3n) is 2.75. The number of aliphatic hydroxyl groups is 1. The highest BCUT2D eigenvalue weighted by Gasteiger charge is 2.21. The standard InChI is InChI=1S/C14H18O6/c1-3-20-11-6-4-9(5-7-12(15)19-2)8-10(11)13(16)14(17)18/h4,6,8,13,16H,3,5,7H2,1-2H3,(H,17,18). The van der Waals surface area contributed by atoms with Gasteiger partial charge in [0.25, 0.3) is 0 Å². The maximum absolute atomic E-state index is 11.1. The van der Waals surface area contributed by atoms with Gasteiger partial charge in [-0.15, -0.1) is 0 Å². The van der Waals surface area contributed by atoms with E-state index in [9.17, 15) is 14.7 Å². The Morgan fingerprint density at radius 2 is 2.05 bits per heavy atom. The summed E-state index contributed by atoms with van der Waals surface area (Å²) in [5, 5.41) is 18.6. The van der Waals surface area contributed by atoms with Crippen molar-refractivity contribution >= 4 is 11.9 Å². The molecular formula is C14H18O6. The molecule has 0 bridgehead atoms. The summed E-state index contributed by atoms with van der Waals surface area (Å²) in [6.07, 6.45) is -1.07. The zero-order valence-corrected chi connectivity index (χ0v) is 11.5. The first kappa shape index (κ1) is 16.0. The van der Waals surface area contributed by atoms with Crippen LogP contribution in [-0.2, 0) is 20.7 Å². The lowest BCUT2D eigenvalue weighted by atomic mass is 10.0.